The van der Waals surface area contributed by atoms with Crippen molar-refractivity contribution in [3.63, 3.8) is 0 Å². The summed E-state index contributed by atoms with van der Waals surface area (Å²) in [5.41, 5.74) is 9.51. The fraction of sp³-hybridized carbons (Fsp3) is 0.207. The SMILES string of the molecule is Cc1cc(C)c2c(=NNc3ncnc4ccccc34)cc(-c3ccc(C(C)(C)C)cc3)oc2c1. The molecule has 0 aliphatic heterocycles. The Balaban J connectivity index is 1.67. The highest BCUT2D eigenvalue weighted by molar-refractivity contribution is 5.88. The molecule has 0 fully saturated rings. The average molecular weight is 449 g/mol. The standard InChI is InChI=1S/C29H28N4O/c1-18-14-19(2)27-24(32-33-28-22-8-6-7-9-23(22)30-17-31-28)16-25(34-26(27)15-18)20-10-12-21(13-11-20)29(3,4)5/h6-17H,1-5H3,(H,30,31,33). The first-order chi connectivity index (χ1) is 16.3. The Labute approximate surface area is 199 Å². The molecule has 0 bridgehead atoms. The van der Waals surface area contributed by atoms with Crippen LogP contribution in [-0.2, 0) is 5.41 Å². The maximum absolute atomic E-state index is 6.38. The fourth-order valence-corrected chi connectivity index (χ4v) is 4.25. The Morgan fingerprint density at radius 3 is 2.41 bits per heavy atom. The van der Waals surface area contributed by atoms with Gasteiger partial charge in [-0.25, -0.2) is 9.97 Å². The Bertz CT molecular complexity index is 1570. The van der Waals surface area contributed by atoms with Crippen molar-refractivity contribution in [2.24, 2.45) is 5.10 Å². The molecule has 5 nitrogen and oxygen atoms in total. The molecule has 5 rings (SSSR count). The van der Waals surface area contributed by atoms with Crippen LogP contribution in [0.5, 0.6) is 0 Å². The van der Waals surface area contributed by atoms with Gasteiger partial charge in [-0.2, -0.15) is 5.10 Å². The highest BCUT2D eigenvalue weighted by Crippen LogP contribution is 2.28. The molecule has 0 spiro atoms. The number of benzene rings is 3. The average Bonchev–Trinajstić information content (AvgIpc) is 2.81. The molecule has 0 saturated heterocycles. The first-order valence-electron chi connectivity index (χ1n) is 11.4. The lowest BCUT2D eigenvalue weighted by Gasteiger charge is -2.19. The first kappa shape index (κ1) is 21.8. The zero-order chi connectivity index (χ0) is 23.9. The van der Waals surface area contributed by atoms with Crippen LogP contribution >= 0.6 is 0 Å². The van der Waals surface area contributed by atoms with Crippen molar-refractivity contribution < 1.29 is 4.42 Å². The number of fused-ring (bicyclic) bond motifs is 2. The lowest BCUT2D eigenvalue weighted by molar-refractivity contribution is 0.589. The molecule has 0 unspecified atom stereocenters. The zero-order valence-corrected chi connectivity index (χ0v) is 20.2. The van der Waals surface area contributed by atoms with Gasteiger partial charge in [0.2, 0.25) is 0 Å². The maximum atomic E-state index is 6.38. The Hall–Kier alpha value is -3.99. The minimum Gasteiger partial charge on any atom is -0.456 e. The number of nitrogens with one attached hydrogen (secondary N) is 1. The molecule has 1 N–H and O–H groups in total. The van der Waals surface area contributed by atoms with E-state index in [1.54, 1.807) is 6.33 Å². The van der Waals surface area contributed by atoms with E-state index in [1.807, 2.05) is 30.3 Å². The van der Waals surface area contributed by atoms with Crippen LogP contribution in [0.25, 0.3) is 33.2 Å². The number of nitrogens with zero attached hydrogens (tertiary/aromatic N) is 3. The summed E-state index contributed by atoms with van der Waals surface area (Å²) in [7, 11) is 0. The summed E-state index contributed by atoms with van der Waals surface area (Å²) in [5, 5.41) is 7.49. The van der Waals surface area contributed by atoms with Gasteiger partial charge in [0.25, 0.3) is 0 Å². The molecular weight excluding hydrogens is 420 g/mol. The number of hydrogen-bond donors (Lipinski definition) is 1. The van der Waals surface area contributed by atoms with E-state index in [9.17, 15) is 0 Å². The summed E-state index contributed by atoms with van der Waals surface area (Å²) in [6.45, 7) is 10.8. The van der Waals surface area contributed by atoms with Gasteiger partial charge in [0, 0.05) is 22.4 Å². The van der Waals surface area contributed by atoms with Gasteiger partial charge in [0.1, 0.15) is 17.7 Å². The fourth-order valence-electron chi connectivity index (χ4n) is 4.25. The lowest BCUT2D eigenvalue weighted by atomic mass is 9.86. The quantitative estimate of drug-likeness (QED) is 0.305. The predicted octanol–water partition coefficient (Wildman–Crippen LogP) is 6.89. The van der Waals surface area contributed by atoms with Crippen molar-refractivity contribution in [2.75, 3.05) is 5.43 Å². The van der Waals surface area contributed by atoms with Crippen LogP contribution in [0.3, 0.4) is 0 Å². The van der Waals surface area contributed by atoms with Crippen LogP contribution < -0.4 is 10.8 Å². The van der Waals surface area contributed by atoms with Crippen molar-refractivity contribution in [3.05, 3.63) is 95.1 Å². The lowest BCUT2D eigenvalue weighted by Crippen LogP contribution is -2.11. The Kier molecular flexibility index (Phi) is 5.40. The number of rotatable bonds is 3. The second-order valence-electron chi connectivity index (χ2n) is 9.74. The van der Waals surface area contributed by atoms with Crippen molar-refractivity contribution >= 4 is 27.7 Å². The molecule has 0 aliphatic rings. The van der Waals surface area contributed by atoms with Gasteiger partial charge in [-0.1, -0.05) is 63.2 Å². The second-order valence-corrected chi connectivity index (χ2v) is 9.74. The number of anilines is 1. The van der Waals surface area contributed by atoms with Crippen LogP contribution in [0.2, 0.25) is 0 Å². The molecule has 3 aromatic carbocycles. The molecule has 5 aromatic rings. The minimum atomic E-state index is 0.0952. The number of para-hydroxylation sites is 1. The third-order valence-corrected chi connectivity index (χ3v) is 6.05. The number of aryl methyl sites for hydroxylation is 2. The summed E-state index contributed by atoms with van der Waals surface area (Å²) in [4.78, 5) is 8.75. The van der Waals surface area contributed by atoms with Gasteiger partial charge in [0.05, 0.1) is 10.9 Å². The molecule has 0 radical (unpaired) electrons. The largest absolute Gasteiger partial charge is 0.456 e. The summed E-state index contributed by atoms with van der Waals surface area (Å²) >= 11 is 0. The molecule has 2 aromatic heterocycles. The Morgan fingerprint density at radius 2 is 1.65 bits per heavy atom. The number of hydrogen-bond acceptors (Lipinski definition) is 5. The van der Waals surface area contributed by atoms with E-state index in [4.69, 9.17) is 9.52 Å². The van der Waals surface area contributed by atoms with Gasteiger partial charge < -0.3 is 4.42 Å². The molecule has 0 amide bonds. The van der Waals surface area contributed by atoms with Gasteiger partial charge in [-0.15, -0.1) is 0 Å². The molecule has 0 atom stereocenters. The van der Waals surface area contributed by atoms with E-state index in [2.05, 4.69) is 86.4 Å². The summed E-state index contributed by atoms with van der Waals surface area (Å²) < 4.78 is 6.38. The van der Waals surface area contributed by atoms with Gasteiger partial charge in [-0.3, -0.25) is 5.43 Å². The van der Waals surface area contributed by atoms with E-state index in [1.165, 1.54) is 5.56 Å². The second kappa shape index (κ2) is 8.41. The zero-order valence-electron chi connectivity index (χ0n) is 20.2. The van der Waals surface area contributed by atoms with Gasteiger partial charge >= 0.3 is 0 Å². The maximum Gasteiger partial charge on any atom is 0.157 e. The third-order valence-electron chi connectivity index (χ3n) is 6.05. The highest BCUT2D eigenvalue weighted by atomic mass is 16.3. The van der Waals surface area contributed by atoms with E-state index in [0.717, 1.165) is 49.7 Å². The van der Waals surface area contributed by atoms with Crippen molar-refractivity contribution in [1.82, 2.24) is 9.97 Å². The van der Waals surface area contributed by atoms with E-state index < -0.39 is 0 Å². The van der Waals surface area contributed by atoms with E-state index >= 15 is 0 Å². The topological polar surface area (TPSA) is 63.3 Å². The van der Waals surface area contributed by atoms with Crippen LogP contribution in [0.1, 0.15) is 37.5 Å². The highest BCUT2D eigenvalue weighted by Gasteiger charge is 2.14. The van der Waals surface area contributed by atoms with E-state index in [-0.39, 0.29) is 5.41 Å². The van der Waals surface area contributed by atoms with Crippen molar-refractivity contribution in [1.29, 1.82) is 0 Å². The molecule has 2 heterocycles. The smallest absolute Gasteiger partial charge is 0.157 e. The van der Waals surface area contributed by atoms with E-state index in [0.29, 0.717) is 5.82 Å². The third kappa shape index (κ3) is 4.17. The van der Waals surface area contributed by atoms with Crippen molar-refractivity contribution in [3.8, 4) is 11.3 Å². The minimum absolute atomic E-state index is 0.0952. The van der Waals surface area contributed by atoms with Crippen LogP contribution in [0.4, 0.5) is 5.82 Å². The van der Waals surface area contributed by atoms with Crippen LogP contribution in [0, 0.1) is 13.8 Å². The molecule has 0 aliphatic carbocycles. The summed E-state index contributed by atoms with van der Waals surface area (Å²) in [6, 6.07) is 22.7. The monoisotopic (exact) mass is 448 g/mol. The summed E-state index contributed by atoms with van der Waals surface area (Å²) in [6.07, 6.45) is 1.55. The molecular formula is C29H28N4O. The summed E-state index contributed by atoms with van der Waals surface area (Å²) in [5.74, 6) is 1.44. The number of aromatic nitrogens is 2. The molecule has 0 saturated carbocycles. The van der Waals surface area contributed by atoms with Crippen molar-refractivity contribution in [2.45, 2.75) is 40.0 Å². The van der Waals surface area contributed by atoms with Crippen LogP contribution in [-0.4, -0.2) is 9.97 Å². The normalized spacial score (nSPS) is 12.4. The van der Waals surface area contributed by atoms with Crippen LogP contribution in [0.15, 0.2) is 82.6 Å². The van der Waals surface area contributed by atoms with Gasteiger partial charge in [-0.05, 0) is 54.2 Å². The first-order valence-corrected chi connectivity index (χ1v) is 11.4. The predicted molar refractivity (Wildman–Crippen MR) is 139 cm³/mol. The molecule has 170 valence electrons. The molecule has 34 heavy (non-hydrogen) atoms. The molecule has 5 heteroatoms. The van der Waals surface area contributed by atoms with Gasteiger partial charge in [0.15, 0.2) is 5.82 Å². The Morgan fingerprint density at radius 1 is 0.882 bits per heavy atom.